The van der Waals surface area contributed by atoms with Gasteiger partial charge in [-0.15, -0.1) is 0 Å². The molecule has 0 amide bonds. The van der Waals surface area contributed by atoms with Crippen molar-refractivity contribution in [1.82, 2.24) is 0 Å². The van der Waals surface area contributed by atoms with Crippen LogP contribution in [0.2, 0.25) is 0 Å². The summed E-state index contributed by atoms with van der Waals surface area (Å²) >= 11 is 0. The van der Waals surface area contributed by atoms with Crippen LogP contribution in [0.25, 0.3) is 0 Å². The Morgan fingerprint density at radius 2 is 2.17 bits per heavy atom. The first kappa shape index (κ1) is 10.5. The molecule has 0 saturated carbocycles. The second-order valence-electron chi connectivity index (χ2n) is 2.33. The number of carbonyl (C=O) groups excluding carboxylic acids is 1. The van der Waals surface area contributed by atoms with Gasteiger partial charge in [0.2, 0.25) is 0 Å². The summed E-state index contributed by atoms with van der Waals surface area (Å²) in [5.74, 6) is -0.658. The monoisotopic (exact) mass is 169 g/mol. The van der Waals surface area contributed by atoms with Crippen molar-refractivity contribution in [3.8, 4) is 6.07 Å². The predicted octanol–water partition coefficient (Wildman–Crippen LogP) is 0.992. The van der Waals surface area contributed by atoms with Gasteiger partial charge in [0.1, 0.15) is 12.3 Å². The molecule has 66 valence electrons. The van der Waals surface area contributed by atoms with Gasteiger partial charge in [0.05, 0.1) is 13.2 Å². The van der Waals surface area contributed by atoms with Gasteiger partial charge in [0, 0.05) is 0 Å². The Morgan fingerprint density at radius 1 is 1.58 bits per heavy atom. The minimum Gasteiger partial charge on any atom is -0.503 e. The molecule has 0 atom stereocenters. The molecule has 0 fully saturated rings. The molecule has 0 aliphatic carbocycles. The normalized spacial score (nSPS) is 10.8. The molecule has 0 spiro atoms. The van der Waals surface area contributed by atoms with E-state index in [4.69, 9.17) is 10.00 Å². The summed E-state index contributed by atoms with van der Waals surface area (Å²) in [6.45, 7) is 3.42. The third-order valence-corrected chi connectivity index (χ3v) is 0.919. The van der Waals surface area contributed by atoms with Gasteiger partial charge in [-0.25, -0.2) is 4.79 Å². The van der Waals surface area contributed by atoms with Gasteiger partial charge < -0.3 is 9.47 Å². The van der Waals surface area contributed by atoms with Crippen molar-refractivity contribution in [1.29, 1.82) is 5.26 Å². The molecule has 4 nitrogen and oxygen atoms in total. The minimum atomic E-state index is -0.658. The standard InChI is InChI=1S/C8H11NO3/c1-6(2)12-8(10)7(4-9)5-11-3/h5-6H,1-3H3. The van der Waals surface area contributed by atoms with E-state index in [1.807, 2.05) is 0 Å². The molecule has 0 rings (SSSR count). The fraction of sp³-hybridized carbons (Fsp3) is 0.500. The van der Waals surface area contributed by atoms with Crippen molar-refractivity contribution in [2.45, 2.75) is 20.0 Å². The van der Waals surface area contributed by atoms with Crippen molar-refractivity contribution in [2.75, 3.05) is 7.11 Å². The van der Waals surface area contributed by atoms with Crippen LogP contribution >= 0.6 is 0 Å². The molecule has 12 heavy (non-hydrogen) atoms. The quantitative estimate of drug-likeness (QED) is 0.273. The van der Waals surface area contributed by atoms with E-state index in [-0.39, 0.29) is 11.7 Å². The van der Waals surface area contributed by atoms with Crippen LogP contribution in [-0.4, -0.2) is 19.2 Å². The molecule has 0 unspecified atom stereocenters. The molecule has 0 heterocycles. The van der Waals surface area contributed by atoms with Crippen LogP contribution in [0.5, 0.6) is 0 Å². The van der Waals surface area contributed by atoms with Crippen molar-refractivity contribution in [3.05, 3.63) is 11.8 Å². The summed E-state index contributed by atoms with van der Waals surface area (Å²) < 4.78 is 9.26. The number of nitriles is 1. The summed E-state index contributed by atoms with van der Waals surface area (Å²) in [6.07, 6.45) is 0.830. The van der Waals surface area contributed by atoms with E-state index < -0.39 is 5.97 Å². The van der Waals surface area contributed by atoms with E-state index in [1.54, 1.807) is 19.9 Å². The highest BCUT2D eigenvalue weighted by atomic mass is 16.5. The first-order chi connectivity index (χ1) is 5.61. The van der Waals surface area contributed by atoms with Gasteiger partial charge in [-0.1, -0.05) is 0 Å². The van der Waals surface area contributed by atoms with Crippen LogP contribution in [0.15, 0.2) is 11.8 Å². The number of ether oxygens (including phenoxy) is 2. The summed E-state index contributed by atoms with van der Waals surface area (Å²) in [5, 5.41) is 8.44. The van der Waals surface area contributed by atoms with Crippen molar-refractivity contribution in [3.63, 3.8) is 0 Å². The molecule has 4 heteroatoms. The predicted molar refractivity (Wildman–Crippen MR) is 41.9 cm³/mol. The maximum atomic E-state index is 11.0. The fourth-order valence-corrected chi connectivity index (χ4v) is 0.516. The number of nitrogens with zero attached hydrogens (tertiary/aromatic N) is 1. The van der Waals surface area contributed by atoms with E-state index in [2.05, 4.69) is 4.74 Å². The number of methoxy groups -OCH3 is 1. The topological polar surface area (TPSA) is 59.3 Å². The molecule has 0 aromatic carbocycles. The number of carbonyl (C=O) groups is 1. The SMILES string of the molecule is COC=C(C#N)C(=O)OC(C)C. The maximum absolute atomic E-state index is 11.0. The zero-order valence-corrected chi connectivity index (χ0v) is 7.33. The van der Waals surface area contributed by atoms with Crippen LogP contribution in [0.1, 0.15) is 13.8 Å². The Labute approximate surface area is 71.4 Å². The van der Waals surface area contributed by atoms with Crippen molar-refractivity contribution in [2.24, 2.45) is 0 Å². The molecule has 0 aliphatic heterocycles. The minimum absolute atomic E-state index is 0.133. The summed E-state index contributed by atoms with van der Waals surface area (Å²) in [7, 11) is 1.36. The molecule has 0 radical (unpaired) electrons. The molecule has 0 N–H and O–H groups in total. The Morgan fingerprint density at radius 3 is 2.50 bits per heavy atom. The maximum Gasteiger partial charge on any atom is 0.352 e. The zero-order chi connectivity index (χ0) is 9.56. The van der Waals surface area contributed by atoms with Gasteiger partial charge in [0.15, 0.2) is 5.57 Å². The van der Waals surface area contributed by atoms with Crippen LogP contribution < -0.4 is 0 Å². The number of rotatable bonds is 3. The highest BCUT2D eigenvalue weighted by Gasteiger charge is 2.11. The molecular formula is C8H11NO3. The largest absolute Gasteiger partial charge is 0.503 e. The molecule has 0 saturated heterocycles. The van der Waals surface area contributed by atoms with Gasteiger partial charge in [-0.05, 0) is 13.8 Å². The lowest BCUT2D eigenvalue weighted by Gasteiger charge is -2.05. The summed E-state index contributed by atoms with van der Waals surface area (Å²) in [4.78, 5) is 11.0. The number of hydrogen-bond acceptors (Lipinski definition) is 4. The molecule has 0 aliphatic rings. The average Bonchev–Trinajstić information content (AvgIpc) is 1.98. The van der Waals surface area contributed by atoms with Crippen molar-refractivity contribution >= 4 is 5.97 Å². The number of hydrogen-bond donors (Lipinski definition) is 0. The fourth-order valence-electron chi connectivity index (χ4n) is 0.516. The molecule has 0 aromatic heterocycles. The van der Waals surface area contributed by atoms with Gasteiger partial charge in [-0.3, -0.25) is 0 Å². The van der Waals surface area contributed by atoms with E-state index in [0.29, 0.717) is 0 Å². The number of esters is 1. The van der Waals surface area contributed by atoms with Crippen molar-refractivity contribution < 1.29 is 14.3 Å². The Bertz CT molecular complexity index is 225. The van der Waals surface area contributed by atoms with Crippen LogP contribution in [0.4, 0.5) is 0 Å². The van der Waals surface area contributed by atoms with Crippen LogP contribution in [0.3, 0.4) is 0 Å². The Balaban J connectivity index is 4.26. The van der Waals surface area contributed by atoms with Gasteiger partial charge in [0.25, 0.3) is 0 Å². The summed E-state index contributed by atoms with van der Waals surface area (Å²) in [5.41, 5.74) is -0.133. The van der Waals surface area contributed by atoms with Gasteiger partial charge in [-0.2, -0.15) is 5.26 Å². The van der Waals surface area contributed by atoms with E-state index in [0.717, 1.165) is 6.26 Å². The smallest absolute Gasteiger partial charge is 0.352 e. The van der Waals surface area contributed by atoms with E-state index >= 15 is 0 Å². The lowest BCUT2D eigenvalue weighted by molar-refractivity contribution is -0.142. The first-order valence-corrected chi connectivity index (χ1v) is 3.45. The highest BCUT2D eigenvalue weighted by molar-refractivity contribution is 5.92. The summed E-state index contributed by atoms with van der Waals surface area (Å²) in [6, 6.07) is 1.67. The Kier molecular flexibility index (Phi) is 4.54. The third kappa shape index (κ3) is 3.62. The first-order valence-electron chi connectivity index (χ1n) is 3.45. The second kappa shape index (κ2) is 5.19. The van der Waals surface area contributed by atoms with Gasteiger partial charge >= 0.3 is 5.97 Å². The molecule has 0 aromatic rings. The lowest BCUT2D eigenvalue weighted by Crippen LogP contribution is -2.12. The molecular weight excluding hydrogens is 158 g/mol. The van der Waals surface area contributed by atoms with E-state index in [9.17, 15) is 4.79 Å². The van der Waals surface area contributed by atoms with Crippen LogP contribution in [-0.2, 0) is 14.3 Å². The van der Waals surface area contributed by atoms with Crippen LogP contribution in [0, 0.1) is 11.3 Å². The second-order valence-corrected chi connectivity index (χ2v) is 2.33. The molecule has 0 bridgehead atoms. The third-order valence-electron chi connectivity index (χ3n) is 0.919. The highest BCUT2D eigenvalue weighted by Crippen LogP contribution is 1.99. The Hall–Kier alpha value is -1.50. The van der Waals surface area contributed by atoms with E-state index in [1.165, 1.54) is 7.11 Å². The zero-order valence-electron chi connectivity index (χ0n) is 7.33. The lowest BCUT2D eigenvalue weighted by atomic mass is 10.3. The average molecular weight is 169 g/mol.